The number of rotatable bonds is 3. The summed E-state index contributed by atoms with van der Waals surface area (Å²) < 4.78 is 66.1. The van der Waals surface area contributed by atoms with Gasteiger partial charge in [-0.25, -0.2) is 18.5 Å². The van der Waals surface area contributed by atoms with E-state index >= 15 is 0 Å². The Balaban J connectivity index is 1.90. The predicted molar refractivity (Wildman–Crippen MR) is 121 cm³/mol. The summed E-state index contributed by atoms with van der Waals surface area (Å²) in [6, 6.07) is 14.1. The van der Waals surface area contributed by atoms with E-state index in [1.807, 2.05) is 12.1 Å². The summed E-state index contributed by atoms with van der Waals surface area (Å²) in [6.45, 7) is 6.19. The SMILES string of the molecule is CC(C)(C)c1ccc(-c2cc(C(F)(F)F)c3ncc(-c4ccc(S(N)(=O)=O)cc4)n3c2)cc1. The number of halogens is 3. The lowest BCUT2D eigenvalue weighted by Crippen LogP contribution is -2.11. The Labute approximate surface area is 189 Å². The van der Waals surface area contributed by atoms with Gasteiger partial charge in [-0.1, -0.05) is 57.2 Å². The van der Waals surface area contributed by atoms with Gasteiger partial charge in [0, 0.05) is 11.8 Å². The zero-order valence-corrected chi connectivity index (χ0v) is 19.0. The van der Waals surface area contributed by atoms with Gasteiger partial charge in [-0.3, -0.25) is 4.40 Å². The number of aromatic nitrogens is 2. The molecule has 0 bridgehead atoms. The van der Waals surface area contributed by atoms with Crippen molar-refractivity contribution in [3.05, 3.63) is 78.1 Å². The van der Waals surface area contributed by atoms with Gasteiger partial charge in [0.1, 0.15) is 5.65 Å². The van der Waals surface area contributed by atoms with Crippen LogP contribution in [0.4, 0.5) is 13.2 Å². The van der Waals surface area contributed by atoms with Gasteiger partial charge in [0.25, 0.3) is 0 Å². The molecule has 0 amide bonds. The minimum absolute atomic E-state index is 0.0830. The van der Waals surface area contributed by atoms with Gasteiger partial charge < -0.3 is 0 Å². The number of alkyl halides is 3. The molecule has 9 heteroatoms. The summed E-state index contributed by atoms with van der Waals surface area (Å²) in [6.07, 6.45) is -1.67. The molecule has 2 aromatic carbocycles. The lowest BCUT2D eigenvalue weighted by Gasteiger charge is -2.19. The second-order valence-electron chi connectivity index (χ2n) is 8.87. The Morgan fingerprint density at radius 2 is 1.45 bits per heavy atom. The van der Waals surface area contributed by atoms with Crippen LogP contribution in [-0.2, 0) is 21.6 Å². The molecule has 0 radical (unpaired) electrons. The molecular weight excluding hydrogens is 451 g/mol. The Kier molecular flexibility index (Phi) is 5.37. The molecule has 0 unspecified atom stereocenters. The summed E-state index contributed by atoms with van der Waals surface area (Å²) in [4.78, 5) is 3.93. The second-order valence-corrected chi connectivity index (χ2v) is 10.4. The van der Waals surface area contributed by atoms with Crippen molar-refractivity contribution in [2.24, 2.45) is 5.14 Å². The van der Waals surface area contributed by atoms with E-state index in [4.69, 9.17) is 5.14 Å². The molecule has 33 heavy (non-hydrogen) atoms. The van der Waals surface area contributed by atoms with E-state index in [0.717, 1.165) is 11.6 Å². The number of benzene rings is 2. The van der Waals surface area contributed by atoms with Gasteiger partial charge in [-0.05, 0) is 40.3 Å². The zero-order chi connectivity index (χ0) is 24.2. The van der Waals surface area contributed by atoms with Gasteiger partial charge >= 0.3 is 6.18 Å². The molecule has 2 N–H and O–H groups in total. The smallest absolute Gasteiger partial charge is 0.299 e. The van der Waals surface area contributed by atoms with Crippen molar-refractivity contribution in [2.75, 3.05) is 0 Å². The summed E-state index contributed by atoms with van der Waals surface area (Å²) in [5.41, 5.74) is 1.82. The van der Waals surface area contributed by atoms with Crippen LogP contribution >= 0.6 is 0 Å². The zero-order valence-electron chi connectivity index (χ0n) is 18.2. The van der Waals surface area contributed by atoms with E-state index in [9.17, 15) is 21.6 Å². The Morgan fingerprint density at radius 1 is 0.879 bits per heavy atom. The largest absolute Gasteiger partial charge is 0.420 e. The number of fused-ring (bicyclic) bond motifs is 1. The van der Waals surface area contributed by atoms with Crippen LogP contribution in [0.25, 0.3) is 28.0 Å². The highest BCUT2D eigenvalue weighted by Crippen LogP contribution is 2.37. The van der Waals surface area contributed by atoms with Crippen LogP contribution < -0.4 is 5.14 Å². The van der Waals surface area contributed by atoms with Crippen LogP contribution in [0.5, 0.6) is 0 Å². The number of nitrogens with zero attached hydrogens (tertiary/aromatic N) is 2. The standard InChI is InChI=1S/C24H22F3N3O2S/c1-23(2,3)18-8-4-15(5-9-18)17-12-20(24(25,26)27)22-29-13-21(30(22)14-17)16-6-10-19(11-7-16)33(28,31)32/h4-14H,1-3H3,(H2,28,31,32). The fourth-order valence-corrected chi connectivity index (χ4v) is 4.16. The summed E-state index contributed by atoms with van der Waals surface area (Å²) >= 11 is 0. The van der Waals surface area contributed by atoms with Crippen LogP contribution in [0.1, 0.15) is 31.9 Å². The molecule has 5 nitrogen and oxygen atoms in total. The molecule has 0 saturated carbocycles. The van der Waals surface area contributed by atoms with Crippen molar-refractivity contribution >= 4 is 15.7 Å². The fourth-order valence-electron chi connectivity index (χ4n) is 3.65. The molecule has 0 atom stereocenters. The first kappa shape index (κ1) is 23.0. The van der Waals surface area contributed by atoms with E-state index in [-0.39, 0.29) is 16.0 Å². The van der Waals surface area contributed by atoms with Crippen LogP contribution in [0, 0.1) is 0 Å². The van der Waals surface area contributed by atoms with Gasteiger partial charge in [-0.15, -0.1) is 0 Å². The first-order chi connectivity index (χ1) is 15.2. The minimum atomic E-state index is -4.61. The number of hydrogen-bond acceptors (Lipinski definition) is 3. The van der Waals surface area contributed by atoms with Crippen molar-refractivity contribution in [2.45, 2.75) is 37.3 Å². The number of hydrogen-bond donors (Lipinski definition) is 1. The molecular formula is C24H22F3N3O2S. The van der Waals surface area contributed by atoms with Crippen molar-refractivity contribution in [3.63, 3.8) is 0 Å². The maximum absolute atomic E-state index is 13.9. The van der Waals surface area contributed by atoms with Crippen LogP contribution in [-0.4, -0.2) is 17.8 Å². The molecule has 0 fully saturated rings. The lowest BCUT2D eigenvalue weighted by atomic mass is 9.86. The highest BCUT2D eigenvalue weighted by atomic mass is 32.2. The number of sulfonamides is 1. The third-order valence-electron chi connectivity index (χ3n) is 5.47. The quantitative estimate of drug-likeness (QED) is 0.419. The average Bonchev–Trinajstić information content (AvgIpc) is 3.15. The molecule has 4 rings (SSSR count). The average molecular weight is 474 g/mol. The Hall–Kier alpha value is -3.17. The monoisotopic (exact) mass is 473 g/mol. The maximum Gasteiger partial charge on any atom is 0.420 e. The second kappa shape index (κ2) is 7.71. The lowest BCUT2D eigenvalue weighted by molar-refractivity contribution is -0.136. The van der Waals surface area contributed by atoms with E-state index in [2.05, 4.69) is 25.8 Å². The summed E-state index contributed by atoms with van der Waals surface area (Å²) in [7, 11) is -3.89. The van der Waals surface area contributed by atoms with E-state index in [1.54, 1.807) is 18.3 Å². The third kappa shape index (κ3) is 4.51. The normalized spacial score (nSPS) is 12.9. The fraction of sp³-hybridized carbons (Fsp3) is 0.208. The number of nitrogens with two attached hydrogens (primary N) is 1. The van der Waals surface area contributed by atoms with E-state index in [1.165, 1.54) is 34.9 Å². The minimum Gasteiger partial charge on any atom is -0.299 e. The highest BCUT2D eigenvalue weighted by Gasteiger charge is 2.35. The van der Waals surface area contributed by atoms with E-state index in [0.29, 0.717) is 22.4 Å². The molecule has 0 aliphatic carbocycles. The van der Waals surface area contributed by atoms with Gasteiger partial charge in [-0.2, -0.15) is 13.2 Å². The number of imidazole rings is 1. The molecule has 0 aliphatic rings. The van der Waals surface area contributed by atoms with Crippen molar-refractivity contribution in [1.29, 1.82) is 0 Å². The summed E-state index contributed by atoms with van der Waals surface area (Å²) in [5, 5.41) is 5.14. The molecule has 0 aliphatic heterocycles. The third-order valence-corrected chi connectivity index (χ3v) is 6.40. The Morgan fingerprint density at radius 3 is 1.97 bits per heavy atom. The molecule has 2 heterocycles. The molecule has 2 aromatic heterocycles. The first-order valence-corrected chi connectivity index (χ1v) is 11.6. The topological polar surface area (TPSA) is 77.5 Å². The van der Waals surface area contributed by atoms with Crippen LogP contribution in [0.15, 0.2) is 71.9 Å². The van der Waals surface area contributed by atoms with Crippen molar-refractivity contribution in [3.8, 4) is 22.4 Å². The number of primary sulfonamides is 1. The summed E-state index contributed by atoms with van der Waals surface area (Å²) in [5.74, 6) is 0. The predicted octanol–water partition coefficient (Wildman–Crippen LogP) is 5.63. The maximum atomic E-state index is 13.9. The highest BCUT2D eigenvalue weighted by molar-refractivity contribution is 7.89. The molecule has 4 aromatic rings. The van der Waals surface area contributed by atoms with E-state index < -0.39 is 21.8 Å². The van der Waals surface area contributed by atoms with Crippen molar-refractivity contribution < 1.29 is 21.6 Å². The van der Waals surface area contributed by atoms with Crippen LogP contribution in [0.2, 0.25) is 0 Å². The van der Waals surface area contributed by atoms with Crippen LogP contribution in [0.3, 0.4) is 0 Å². The number of pyridine rings is 1. The van der Waals surface area contributed by atoms with Gasteiger partial charge in [0.05, 0.1) is 22.3 Å². The van der Waals surface area contributed by atoms with Gasteiger partial charge in [0.15, 0.2) is 0 Å². The van der Waals surface area contributed by atoms with Gasteiger partial charge in [0.2, 0.25) is 10.0 Å². The molecule has 172 valence electrons. The first-order valence-electron chi connectivity index (χ1n) is 10.1. The van der Waals surface area contributed by atoms with Crippen molar-refractivity contribution in [1.82, 2.24) is 9.38 Å². The molecule has 0 spiro atoms. The molecule has 0 saturated heterocycles. The Bertz CT molecular complexity index is 1430.